The van der Waals surface area contributed by atoms with Crippen molar-refractivity contribution in [1.82, 2.24) is 20.1 Å². The number of aryl methyl sites for hydroxylation is 1. The molecule has 2 atom stereocenters. The van der Waals surface area contributed by atoms with Gasteiger partial charge in [-0.3, -0.25) is 14.9 Å². The third-order valence-corrected chi connectivity index (χ3v) is 5.49. The van der Waals surface area contributed by atoms with Crippen molar-refractivity contribution in [3.8, 4) is 0 Å². The van der Waals surface area contributed by atoms with Crippen molar-refractivity contribution in [2.45, 2.75) is 31.1 Å². The number of pyridine rings is 1. The molecule has 0 spiro atoms. The van der Waals surface area contributed by atoms with E-state index in [4.69, 9.17) is 0 Å². The van der Waals surface area contributed by atoms with E-state index in [2.05, 4.69) is 15.2 Å². The van der Waals surface area contributed by atoms with E-state index < -0.39 is 6.43 Å². The molecule has 0 aliphatic carbocycles. The van der Waals surface area contributed by atoms with Crippen molar-refractivity contribution >= 4 is 5.91 Å². The zero-order chi connectivity index (χ0) is 20.2. The Morgan fingerprint density at radius 2 is 1.93 bits per heavy atom. The summed E-state index contributed by atoms with van der Waals surface area (Å²) < 4.78 is 26.0. The van der Waals surface area contributed by atoms with Crippen molar-refractivity contribution in [2.75, 3.05) is 13.1 Å². The van der Waals surface area contributed by atoms with Crippen LogP contribution in [0.5, 0.6) is 0 Å². The quantitative estimate of drug-likeness (QED) is 0.683. The Labute approximate surface area is 167 Å². The van der Waals surface area contributed by atoms with E-state index in [0.717, 1.165) is 11.1 Å². The summed E-state index contributed by atoms with van der Waals surface area (Å²) in [5, 5.41) is 6.52. The van der Waals surface area contributed by atoms with E-state index in [-0.39, 0.29) is 23.4 Å². The van der Waals surface area contributed by atoms with Crippen LogP contribution in [-0.2, 0) is 11.2 Å². The van der Waals surface area contributed by atoms with Crippen LogP contribution in [-0.4, -0.2) is 39.1 Å². The molecule has 1 saturated heterocycles. The molecule has 29 heavy (non-hydrogen) atoms. The third kappa shape index (κ3) is 4.34. The standard InChI is InChI=1S/C22H22F2N4O/c23-22(24)20-11-19(26-27-20)18-14-28(13-17(18)16-6-2-1-3-7-16)21(29)9-8-15-5-4-10-25-12-15/h1-7,10-12,17-18,22H,8-9,13-14H2,(H,26,27)/t17-,18+/m0/s1. The van der Waals surface area contributed by atoms with Crippen LogP contribution in [0.15, 0.2) is 60.9 Å². The van der Waals surface area contributed by atoms with Gasteiger partial charge in [0, 0.05) is 49.4 Å². The number of nitrogens with zero attached hydrogens (tertiary/aromatic N) is 3. The highest BCUT2D eigenvalue weighted by molar-refractivity contribution is 5.77. The second-order valence-electron chi connectivity index (χ2n) is 7.33. The highest BCUT2D eigenvalue weighted by Gasteiger charge is 2.38. The minimum atomic E-state index is -2.62. The van der Waals surface area contributed by atoms with Crippen molar-refractivity contribution < 1.29 is 13.6 Å². The topological polar surface area (TPSA) is 61.9 Å². The first-order valence-electron chi connectivity index (χ1n) is 9.67. The van der Waals surface area contributed by atoms with Gasteiger partial charge in [-0.05, 0) is 29.7 Å². The molecule has 0 unspecified atom stereocenters. The molecule has 3 aromatic rings. The molecular weight excluding hydrogens is 374 g/mol. The summed E-state index contributed by atoms with van der Waals surface area (Å²) in [6.45, 7) is 1.04. The maximum absolute atomic E-state index is 13.0. The largest absolute Gasteiger partial charge is 0.341 e. The van der Waals surface area contributed by atoms with Crippen LogP contribution in [0.2, 0.25) is 0 Å². The van der Waals surface area contributed by atoms with Crippen molar-refractivity contribution in [3.05, 3.63) is 83.4 Å². The maximum Gasteiger partial charge on any atom is 0.282 e. The molecule has 0 radical (unpaired) electrons. The van der Waals surface area contributed by atoms with Crippen molar-refractivity contribution in [2.24, 2.45) is 0 Å². The molecule has 0 bridgehead atoms. The van der Waals surface area contributed by atoms with Gasteiger partial charge < -0.3 is 4.90 Å². The molecule has 2 aromatic heterocycles. The fourth-order valence-corrected chi connectivity index (χ4v) is 3.97. The van der Waals surface area contributed by atoms with Gasteiger partial charge >= 0.3 is 0 Å². The second kappa shape index (κ2) is 8.51. The maximum atomic E-state index is 13.0. The molecule has 1 amide bonds. The number of aromatic nitrogens is 3. The van der Waals surface area contributed by atoms with E-state index in [1.165, 1.54) is 6.07 Å². The van der Waals surface area contributed by atoms with Crippen LogP contribution < -0.4 is 0 Å². The summed E-state index contributed by atoms with van der Waals surface area (Å²) in [5.41, 5.74) is 2.50. The first-order chi connectivity index (χ1) is 14.1. The molecule has 1 fully saturated rings. The number of nitrogens with one attached hydrogen (secondary N) is 1. The van der Waals surface area contributed by atoms with Crippen LogP contribution in [0, 0.1) is 0 Å². The van der Waals surface area contributed by atoms with Gasteiger partial charge in [0.2, 0.25) is 5.91 Å². The average molecular weight is 396 g/mol. The molecule has 0 saturated carbocycles. The monoisotopic (exact) mass is 396 g/mol. The zero-order valence-electron chi connectivity index (χ0n) is 15.8. The summed E-state index contributed by atoms with van der Waals surface area (Å²) in [6, 6.07) is 15.1. The Balaban J connectivity index is 1.52. The number of amides is 1. The number of rotatable bonds is 6. The lowest BCUT2D eigenvalue weighted by atomic mass is 9.87. The zero-order valence-corrected chi connectivity index (χ0v) is 15.8. The van der Waals surface area contributed by atoms with Crippen LogP contribution in [0.4, 0.5) is 8.78 Å². The van der Waals surface area contributed by atoms with Gasteiger partial charge in [0.05, 0.1) is 0 Å². The number of benzene rings is 1. The molecule has 1 aromatic carbocycles. The predicted octanol–water partition coefficient (Wildman–Crippen LogP) is 4.08. The van der Waals surface area contributed by atoms with Gasteiger partial charge in [-0.25, -0.2) is 8.78 Å². The smallest absolute Gasteiger partial charge is 0.282 e. The minimum absolute atomic E-state index is 0.0320. The Morgan fingerprint density at radius 1 is 1.14 bits per heavy atom. The normalized spacial score (nSPS) is 19.1. The molecule has 4 rings (SSSR count). The van der Waals surface area contributed by atoms with Crippen LogP contribution in [0.25, 0.3) is 0 Å². The summed E-state index contributed by atoms with van der Waals surface area (Å²) in [5.74, 6) is -0.00450. The van der Waals surface area contributed by atoms with Crippen molar-refractivity contribution in [1.29, 1.82) is 0 Å². The molecule has 1 N–H and O–H groups in total. The first kappa shape index (κ1) is 19.2. The van der Waals surface area contributed by atoms with Gasteiger partial charge in [0.25, 0.3) is 6.43 Å². The molecule has 1 aliphatic rings. The fourth-order valence-electron chi connectivity index (χ4n) is 3.97. The minimum Gasteiger partial charge on any atom is -0.341 e. The van der Waals surface area contributed by atoms with Gasteiger partial charge in [0.15, 0.2) is 0 Å². The number of hydrogen-bond acceptors (Lipinski definition) is 3. The van der Waals surface area contributed by atoms with E-state index in [1.807, 2.05) is 47.4 Å². The molecule has 150 valence electrons. The van der Waals surface area contributed by atoms with E-state index in [9.17, 15) is 13.6 Å². The number of alkyl halides is 2. The lowest BCUT2D eigenvalue weighted by molar-refractivity contribution is -0.130. The summed E-state index contributed by atoms with van der Waals surface area (Å²) in [6.07, 6.45) is 1.88. The Morgan fingerprint density at radius 3 is 2.62 bits per heavy atom. The Hall–Kier alpha value is -3.09. The van der Waals surface area contributed by atoms with Crippen LogP contribution in [0.1, 0.15) is 47.2 Å². The fraction of sp³-hybridized carbons (Fsp3) is 0.318. The Kier molecular flexibility index (Phi) is 5.64. The third-order valence-electron chi connectivity index (χ3n) is 5.49. The number of carbonyl (C=O) groups excluding carboxylic acids is 1. The van der Waals surface area contributed by atoms with Gasteiger partial charge in [-0.15, -0.1) is 0 Å². The lowest BCUT2D eigenvalue weighted by Crippen LogP contribution is -2.29. The highest BCUT2D eigenvalue weighted by atomic mass is 19.3. The van der Waals surface area contributed by atoms with E-state index >= 15 is 0 Å². The van der Waals surface area contributed by atoms with Gasteiger partial charge in [0.1, 0.15) is 5.69 Å². The first-order valence-corrected chi connectivity index (χ1v) is 9.67. The second-order valence-corrected chi connectivity index (χ2v) is 7.33. The number of aromatic amines is 1. The molecule has 3 heterocycles. The predicted molar refractivity (Wildman–Crippen MR) is 105 cm³/mol. The molecule has 1 aliphatic heterocycles. The number of hydrogen-bond donors (Lipinski definition) is 1. The average Bonchev–Trinajstić information content (AvgIpc) is 3.41. The summed E-state index contributed by atoms with van der Waals surface area (Å²) in [4.78, 5) is 18.8. The number of carbonyl (C=O) groups is 1. The molecule has 5 nitrogen and oxygen atoms in total. The Bertz CT molecular complexity index is 946. The highest BCUT2D eigenvalue weighted by Crippen LogP contribution is 2.39. The summed E-state index contributed by atoms with van der Waals surface area (Å²) in [7, 11) is 0. The molecule has 7 heteroatoms. The van der Waals surface area contributed by atoms with Crippen LogP contribution in [0.3, 0.4) is 0 Å². The van der Waals surface area contributed by atoms with Crippen LogP contribution >= 0.6 is 0 Å². The summed E-state index contributed by atoms with van der Waals surface area (Å²) >= 11 is 0. The number of halogens is 2. The lowest BCUT2D eigenvalue weighted by Gasteiger charge is -2.17. The SMILES string of the molecule is O=C(CCc1cccnc1)N1C[C@@H](c2ccccc2)[C@H](c2cc(C(F)F)n[nH]2)C1. The van der Waals surface area contributed by atoms with Gasteiger partial charge in [-0.2, -0.15) is 5.10 Å². The van der Waals surface area contributed by atoms with Crippen molar-refractivity contribution in [3.63, 3.8) is 0 Å². The van der Waals surface area contributed by atoms with E-state index in [0.29, 0.717) is 31.6 Å². The number of H-pyrrole nitrogens is 1. The van der Waals surface area contributed by atoms with E-state index in [1.54, 1.807) is 12.4 Å². The van der Waals surface area contributed by atoms with Gasteiger partial charge in [-0.1, -0.05) is 36.4 Å². The molecular formula is C22H22F2N4O. The number of likely N-dealkylation sites (tertiary alicyclic amines) is 1.